The molecule has 3 atom stereocenters. The highest BCUT2D eigenvalue weighted by Gasteiger charge is 2.61. The molecule has 0 aromatic rings. The van der Waals surface area contributed by atoms with Gasteiger partial charge in [-0.3, -0.25) is 4.79 Å². The number of hydrogen-bond donors (Lipinski definition) is 0. The van der Waals surface area contributed by atoms with E-state index in [4.69, 9.17) is 9.47 Å². The quantitative estimate of drug-likeness (QED) is 0.578. The van der Waals surface area contributed by atoms with Crippen LogP contribution in [0.1, 0.15) is 55.4 Å². The van der Waals surface area contributed by atoms with Gasteiger partial charge in [0.2, 0.25) is 0 Å². The molecular weight excluding hydrogens is 240 g/mol. The second-order valence-electron chi connectivity index (χ2n) is 8.01. The molecule has 0 aromatic carbocycles. The van der Waals surface area contributed by atoms with Crippen LogP contribution >= 0.6 is 0 Å². The van der Waals surface area contributed by atoms with E-state index in [9.17, 15) is 4.79 Å². The molecule has 3 heteroatoms. The van der Waals surface area contributed by atoms with Crippen LogP contribution < -0.4 is 0 Å². The van der Waals surface area contributed by atoms with Crippen molar-refractivity contribution < 1.29 is 14.3 Å². The molecular formula is C16H30O3. The van der Waals surface area contributed by atoms with Crippen molar-refractivity contribution >= 4 is 5.97 Å². The van der Waals surface area contributed by atoms with Crippen LogP contribution in [0.3, 0.4) is 0 Å². The van der Waals surface area contributed by atoms with Gasteiger partial charge >= 0.3 is 5.97 Å². The number of esters is 1. The summed E-state index contributed by atoms with van der Waals surface area (Å²) in [6.45, 7) is 17.0. The molecule has 1 rings (SSSR count). The molecule has 112 valence electrons. The molecule has 0 spiro atoms. The Kier molecular flexibility index (Phi) is 4.13. The van der Waals surface area contributed by atoms with Crippen LogP contribution in [0.5, 0.6) is 0 Å². The molecule has 1 heterocycles. The van der Waals surface area contributed by atoms with Crippen LogP contribution in [0.2, 0.25) is 0 Å². The summed E-state index contributed by atoms with van der Waals surface area (Å²) in [6.07, 6.45) is 0.356. The van der Waals surface area contributed by atoms with E-state index < -0.39 is 5.41 Å². The van der Waals surface area contributed by atoms with E-state index in [1.54, 1.807) is 0 Å². The van der Waals surface area contributed by atoms with Crippen molar-refractivity contribution in [2.24, 2.45) is 22.2 Å². The molecule has 3 unspecified atom stereocenters. The predicted molar refractivity (Wildman–Crippen MR) is 76.9 cm³/mol. The normalized spacial score (nSPS) is 25.9. The summed E-state index contributed by atoms with van der Waals surface area (Å²) in [6, 6.07) is 0. The SMILES string of the molecule is COC(=O)C(C)(C)C(C)(C)C1OC1C(C)C(C)(C)C. The molecule has 1 aliphatic heterocycles. The monoisotopic (exact) mass is 270 g/mol. The van der Waals surface area contributed by atoms with E-state index in [-0.39, 0.29) is 29.0 Å². The minimum atomic E-state index is -0.557. The van der Waals surface area contributed by atoms with Crippen LogP contribution in [-0.4, -0.2) is 25.3 Å². The van der Waals surface area contributed by atoms with E-state index in [0.29, 0.717) is 5.92 Å². The van der Waals surface area contributed by atoms with Gasteiger partial charge in [-0.25, -0.2) is 0 Å². The molecule has 3 nitrogen and oxygen atoms in total. The molecule has 0 aliphatic carbocycles. The Labute approximate surface area is 118 Å². The summed E-state index contributed by atoms with van der Waals surface area (Å²) >= 11 is 0. The molecule has 19 heavy (non-hydrogen) atoms. The summed E-state index contributed by atoms with van der Waals surface area (Å²) in [5.41, 5.74) is -0.589. The van der Waals surface area contributed by atoms with Gasteiger partial charge in [0.1, 0.15) is 0 Å². The van der Waals surface area contributed by atoms with Gasteiger partial charge in [-0.05, 0) is 25.2 Å². The lowest BCUT2D eigenvalue weighted by molar-refractivity contribution is -0.158. The number of rotatable bonds is 4. The van der Waals surface area contributed by atoms with E-state index in [0.717, 1.165) is 0 Å². The van der Waals surface area contributed by atoms with Gasteiger partial charge in [-0.2, -0.15) is 0 Å². The topological polar surface area (TPSA) is 38.8 Å². The van der Waals surface area contributed by atoms with Crippen molar-refractivity contribution in [2.75, 3.05) is 7.11 Å². The Bertz CT molecular complexity index is 349. The van der Waals surface area contributed by atoms with Crippen molar-refractivity contribution in [3.63, 3.8) is 0 Å². The maximum atomic E-state index is 12.0. The lowest BCUT2D eigenvalue weighted by Crippen LogP contribution is -2.45. The Hall–Kier alpha value is -0.570. The number of carbonyl (C=O) groups is 1. The van der Waals surface area contributed by atoms with Crippen molar-refractivity contribution in [3.8, 4) is 0 Å². The van der Waals surface area contributed by atoms with Crippen LogP contribution in [0.15, 0.2) is 0 Å². The first-order valence-electron chi connectivity index (χ1n) is 7.11. The zero-order valence-electron chi connectivity index (χ0n) is 14.0. The maximum Gasteiger partial charge on any atom is 0.311 e. The lowest BCUT2D eigenvalue weighted by Gasteiger charge is -2.38. The Morgan fingerprint density at radius 1 is 1.11 bits per heavy atom. The molecule has 0 N–H and O–H groups in total. The fourth-order valence-corrected chi connectivity index (χ4v) is 2.45. The standard InChI is InChI=1S/C16H30O3/c1-10(14(2,3)4)11-12(19-11)15(5,6)16(7,8)13(17)18-9/h10-12H,1-9H3. The molecule has 0 saturated carbocycles. The van der Waals surface area contributed by atoms with Gasteiger partial charge in [-0.15, -0.1) is 0 Å². The zero-order valence-corrected chi connectivity index (χ0v) is 14.0. The predicted octanol–water partition coefficient (Wildman–Crippen LogP) is 3.66. The highest BCUT2D eigenvalue weighted by Crippen LogP contribution is 2.54. The molecule has 0 amide bonds. The molecule has 1 fully saturated rings. The van der Waals surface area contributed by atoms with Crippen LogP contribution in [-0.2, 0) is 14.3 Å². The van der Waals surface area contributed by atoms with Crippen molar-refractivity contribution in [3.05, 3.63) is 0 Å². The first kappa shape index (κ1) is 16.5. The highest BCUT2D eigenvalue weighted by molar-refractivity contribution is 5.77. The number of epoxide rings is 1. The number of ether oxygens (including phenoxy) is 2. The van der Waals surface area contributed by atoms with Crippen molar-refractivity contribution in [1.82, 2.24) is 0 Å². The van der Waals surface area contributed by atoms with Gasteiger partial charge in [0.15, 0.2) is 0 Å². The summed E-state index contributed by atoms with van der Waals surface area (Å²) < 4.78 is 10.9. The minimum absolute atomic E-state index is 0.121. The maximum absolute atomic E-state index is 12.0. The average Bonchev–Trinajstić information content (AvgIpc) is 3.05. The third kappa shape index (κ3) is 2.81. The fraction of sp³-hybridized carbons (Fsp3) is 0.938. The Morgan fingerprint density at radius 2 is 1.58 bits per heavy atom. The average molecular weight is 270 g/mol. The second kappa shape index (κ2) is 4.76. The minimum Gasteiger partial charge on any atom is -0.469 e. The van der Waals surface area contributed by atoms with Gasteiger partial charge in [0.05, 0.1) is 24.7 Å². The molecule has 1 saturated heterocycles. The van der Waals surface area contributed by atoms with Crippen molar-refractivity contribution in [1.29, 1.82) is 0 Å². The van der Waals surface area contributed by atoms with E-state index >= 15 is 0 Å². The number of hydrogen-bond acceptors (Lipinski definition) is 3. The van der Waals surface area contributed by atoms with Crippen LogP contribution in [0.4, 0.5) is 0 Å². The van der Waals surface area contributed by atoms with E-state index in [1.165, 1.54) is 7.11 Å². The van der Waals surface area contributed by atoms with Crippen LogP contribution in [0.25, 0.3) is 0 Å². The largest absolute Gasteiger partial charge is 0.469 e. The van der Waals surface area contributed by atoms with Crippen molar-refractivity contribution in [2.45, 2.75) is 67.6 Å². The van der Waals surface area contributed by atoms with E-state index in [2.05, 4.69) is 41.5 Å². The van der Waals surface area contributed by atoms with Gasteiger partial charge < -0.3 is 9.47 Å². The smallest absolute Gasteiger partial charge is 0.311 e. The lowest BCUT2D eigenvalue weighted by atomic mass is 9.63. The number of carbonyl (C=O) groups excluding carboxylic acids is 1. The third-order valence-electron chi connectivity index (χ3n) is 5.40. The third-order valence-corrected chi connectivity index (χ3v) is 5.40. The summed E-state index contributed by atoms with van der Waals surface area (Å²) in [7, 11) is 1.45. The van der Waals surface area contributed by atoms with Gasteiger partial charge in [0, 0.05) is 5.41 Å². The number of methoxy groups -OCH3 is 1. The first-order valence-corrected chi connectivity index (χ1v) is 7.11. The molecule has 0 aromatic heterocycles. The molecule has 0 bridgehead atoms. The fourth-order valence-electron chi connectivity index (χ4n) is 2.45. The first-order chi connectivity index (χ1) is 8.37. The van der Waals surface area contributed by atoms with E-state index in [1.807, 2.05) is 13.8 Å². The second-order valence-corrected chi connectivity index (χ2v) is 8.01. The van der Waals surface area contributed by atoms with Gasteiger partial charge in [0.25, 0.3) is 0 Å². The summed E-state index contributed by atoms with van der Waals surface area (Å²) in [5.74, 6) is 0.292. The molecule has 1 aliphatic rings. The summed E-state index contributed by atoms with van der Waals surface area (Å²) in [4.78, 5) is 12.0. The Balaban J connectivity index is 2.86. The highest BCUT2D eigenvalue weighted by atomic mass is 16.6. The summed E-state index contributed by atoms with van der Waals surface area (Å²) in [5, 5.41) is 0. The van der Waals surface area contributed by atoms with Crippen LogP contribution in [0, 0.1) is 22.2 Å². The Morgan fingerprint density at radius 3 is 1.95 bits per heavy atom. The zero-order chi connectivity index (χ0) is 15.2. The molecule has 0 radical (unpaired) electrons. The van der Waals surface area contributed by atoms with Gasteiger partial charge in [-0.1, -0.05) is 41.5 Å².